The van der Waals surface area contributed by atoms with Crippen LogP contribution in [0.25, 0.3) is 5.70 Å². The van der Waals surface area contributed by atoms with Crippen LogP contribution in [0.5, 0.6) is 0 Å². The van der Waals surface area contributed by atoms with Gasteiger partial charge in [0.25, 0.3) is 5.91 Å². The Morgan fingerprint density at radius 3 is 2.69 bits per heavy atom. The first-order chi connectivity index (χ1) is 12.4. The number of benzene rings is 1. The number of hydrogen-bond acceptors (Lipinski definition) is 5. The number of thiophene rings is 1. The second-order valence-corrected chi connectivity index (χ2v) is 7.69. The second kappa shape index (κ2) is 7.33. The Morgan fingerprint density at radius 2 is 2.00 bits per heavy atom. The van der Waals surface area contributed by atoms with E-state index in [0.29, 0.717) is 10.7 Å². The molecule has 0 saturated carbocycles. The average molecular weight is 370 g/mol. The van der Waals surface area contributed by atoms with Crippen molar-refractivity contribution >= 4 is 33.9 Å². The highest BCUT2D eigenvalue weighted by Gasteiger charge is 2.34. The van der Waals surface area contributed by atoms with Crippen LogP contribution in [0.4, 0.5) is 5.00 Å². The topological polar surface area (TPSA) is 67.4 Å². The lowest BCUT2D eigenvalue weighted by molar-refractivity contribution is -0.139. The zero-order valence-corrected chi connectivity index (χ0v) is 15.9. The Balaban J connectivity index is 2.12. The third-order valence-corrected chi connectivity index (χ3v) is 4.88. The van der Waals surface area contributed by atoms with Crippen LogP contribution in [0.15, 0.2) is 47.4 Å². The number of ether oxygens (including phenoxy) is 1. The van der Waals surface area contributed by atoms with Crippen LogP contribution in [0.3, 0.4) is 0 Å². The molecule has 1 aromatic heterocycles. The maximum absolute atomic E-state index is 12.9. The van der Waals surface area contributed by atoms with Crippen molar-refractivity contribution in [1.82, 2.24) is 5.32 Å². The van der Waals surface area contributed by atoms with E-state index in [-0.39, 0.29) is 17.7 Å². The summed E-state index contributed by atoms with van der Waals surface area (Å²) in [5.74, 6) is -1.10. The molecule has 0 radical (unpaired) electrons. The molecule has 6 heteroatoms. The van der Waals surface area contributed by atoms with Gasteiger partial charge >= 0.3 is 5.97 Å². The van der Waals surface area contributed by atoms with E-state index in [1.54, 1.807) is 13.0 Å². The number of carbonyl (C=O) groups is 2. The monoisotopic (exact) mass is 370 g/mol. The smallest absolute Gasteiger partial charge is 0.345 e. The van der Waals surface area contributed by atoms with Gasteiger partial charge in [-0.1, -0.05) is 24.3 Å². The van der Waals surface area contributed by atoms with Crippen molar-refractivity contribution in [2.45, 2.75) is 32.7 Å². The minimum atomic E-state index is -0.628. The molecule has 26 heavy (non-hydrogen) atoms. The van der Waals surface area contributed by atoms with Gasteiger partial charge in [0.1, 0.15) is 5.57 Å². The van der Waals surface area contributed by atoms with Gasteiger partial charge in [0.2, 0.25) is 0 Å². The van der Waals surface area contributed by atoms with Crippen LogP contribution >= 0.6 is 11.3 Å². The summed E-state index contributed by atoms with van der Waals surface area (Å²) >= 11 is 1.40. The molecule has 0 unspecified atom stereocenters. The summed E-state index contributed by atoms with van der Waals surface area (Å²) in [5.41, 5.74) is 2.18. The Morgan fingerprint density at radius 1 is 1.23 bits per heavy atom. The summed E-state index contributed by atoms with van der Waals surface area (Å²) in [6.07, 6.45) is 0.801. The molecule has 0 fully saturated rings. The van der Waals surface area contributed by atoms with Crippen molar-refractivity contribution in [2.75, 3.05) is 11.9 Å². The predicted molar refractivity (Wildman–Crippen MR) is 104 cm³/mol. The summed E-state index contributed by atoms with van der Waals surface area (Å²) in [7, 11) is 0. The number of anilines is 1. The van der Waals surface area contributed by atoms with E-state index < -0.39 is 11.9 Å². The van der Waals surface area contributed by atoms with Crippen molar-refractivity contribution in [1.29, 1.82) is 0 Å². The summed E-state index contributed by atoms with van der Waals surface area (Å²) in [5, 5.41) is 8.71. The van der Waals surface area contributed by atoms with Gasteiger partial charge in [-0.2, -0.15) is 0 Å². The molecular formula is C20H22N2O3S. The van der Waals surface area contributed by atoms with E-state index in [1.807, 2.05) is 49.6 Å². The van der Waals surface area contributed by atoms with Gasteiger partial charge in [0, 0.05) is 11.1 Å². The van der Waals surface area contributed by atoms with Crippen LogP contribution in [-0.4, -0.2) is 24.0 Å². The first-order valence-corrected chi connectivity index (χ1v) is 9.42. The number of fused-ring (bicyclic) bond motifs is 1. The molecule has 1 aromatic carbocycles. The molecular weight excluding hydrogens is 348 g/mol. The van der Waals surface area contributed by atoms with E-state index in [9.17, 15) is 9.59 Å². The molecule has 0 atom stereocenters. The SMILES string of the molecule is CCOC(=O)C(C(=O)Nc1cccs1)=C1NC(C)(C)Cc2ccccc21. The van der Waals surface area contributed by atoms with Crippen molar-refractivity contribution in [3.05, 3.63) is 58.5 Å². The molecule has 2 heterocycles. The molecule has 136 valence electrons. The Labute approximate surface area is 157 Å². The number of rotatable bonds is 4. The third-order valence-electron chi connectivity index (χ3n) is 4.10. The van der Waals surface area contributed by atoms with E-state index in [4.69, 9.17) is 4.74 Å². The molecule has 0 aliphatic carbocycles. The van der Waals surface area contributed by atoms with Gasteiger partial charge in [-0.15, -0.1) is 11.3 Å². The summed E-state index contributed by atoms with van der Waals surface area (Å²) < 4.78 is 5.19. The van der Waals surface area contributed by atoms with Gasteiger partial charge in [0.15, 0.2) is 0 Å². The Bertz CT molecular complexity index is 854. The van der Waals surface area contributed by atoms with Crippen molar-refractivity contribution < 1.29 is 14.3 Å². The van der Waals surface area contributed by atoms with E-state index in [1.165, 1.54) is 11.3 Å². The molecule has 3 rings (SSSR count). The van der Waals surface area contributed by atoms with Crippen molar-refractivity contribution in [3.8, 4) is 0 Å². The standard InChI is InChI=1S/C20H22N2O3S/c1-4-25-19(24)16(18(23)21-15-10-7-11-26-15)17-14-9-6-5-8-13(14)12-20(2,3)22-17/h5-11,22H,4,12H2,1-3H3,(H,21,23). The number of esters is 1. The molecule has 2 N–H and O–H groups in total. The van der Waals surface area contributed by atoms with E-state index in [0.717, 1.165) is 17.5 Å². The number of hydrogen-bond donors (Lipinski definition) is 2. The lowest BCUT2D eigenvalue weighted by Gasteiger charge is -2.36. The fraction of sp³-hybridized carbons (Fsp3) is 0.300. The summed E-state index contributed by atoms with van der Waals surface area (Å²) in [4.78, 5) is 25.6. The maximum Gasteiger partial charge on any atom is 0.345 e. The van der Waals surface area contributed by atoms with Crippen molar-refractivity contribution in [2.24, 2.45) is 0 Å². The van der Waals surface area contributed by atoms with Crippen LogP contribution in [0.1, 0.15) is 31.9 Å². The minimum Gasteiger partial charge on any atom is -0.462 e. The maximum atomic E-state index is 12.9. The lowest BCUT2D eigenvalue weighted by Crippen LogP contribution is -2.45. The Hall–Kier alpha value is -2.60. The van der Waals surface area contributed by atoms with Crippen LogP contribution in [-0.2, 0) is 20.7 Å². The van der Waals surface area contributed by atoms with Gasteiger partial charge in [-0.25, -0.2) is 4.79 Å². The van der Waals surface area contributed by atoms with Crippen LogP contribution in [0, 0.1) is 0 Å². The zero-order valence-electron chi connectivity index (χ0n) is 15.1. The highest BCUT2D eigenvalue weighted by atomic mass is 32.1. The molecule has 0 saturated heterocycles. The molecule has 2 aromatic rings. The first kappa shape index (κ1) is 18.2. The van der Waals surface area contributed by atoms with Crippen LogP contribution < -0.4 is 10.6 Å². The normalized spacial score (nSPS) is 16.9. The largest absolute Gasteiger partial charge is 0.462 e. The quantitative estimate of drug-likeness (QED) is 0.374. The van der Waals surface area contributed by atoms with E-state index in [2.05, 4.69) is 10.6 Å². The van der Waals surface area contributed by atoms with Crippen molar-refractivity contribution in [3.63, 3.8) is 0 Å². The molecule has 0 bridgehead atoms. The second-order valence-electron chi connectivity index (χ2n) is 6.74. The molecule has 0 spiro atoms. The molecule has 1 aliphatic heterocycles. The highest BCUT2D eigenvalue weighted by molar-refractivity contribution is 7.14. The third kappa shape index (κ3) is 3.80. The zero-order chi connectivity index (χ0) is 18.7. The number of nitrogens with one attached hydrogen (secondary N) is 2. The lowest BCUT2D eigenvalue weighted by atomic mass is 9.84. The fourth-order valence-corrected chi connectivity index (χ4v) is 3.69. The van der Waals surface area contributed by atoms with Gasteiger partial charge in [-0.3, -0.25) is 4.79 Å². The molecule has 1 aliphatic rings. The average Bonchev–Trinajstić information content (AvgIpc) is 3.07. The van der Waals surface area contributed by atoms with Gasteiger partial charge in [-0.05, 0) is 50.3 Å². The summed E-state index contributed by atoms with van der Waals surface area (Å²) in [6.45, 7) is 6.02. The van der Waals surface area contributed by atoms with E-state index >= 15 is 0 Å². The molecule has 5 nitrogen and oxygen atoms in total. The van der Waals surface area contributed by atoms with Gasteiger partial charge < -0.3 is 15.4 Å². The summed E-state index contributed by atoms with van der Waals surface area (Å²) in [6, 6.07) is 11.5. The van der Waals surface area contributed by atoms with Crippen LogP contribution in [0.2, 0.25) is 0 Å². The molecule has 1 amide bonds. The minimum absolute atomic E-state index is 0.000440. The fourth-order valence-electron chi connectivity index (χ4n) is 3.08. The first-order valence-electron chi connectivity index (χ1n) is 8.54. The number of amides is 1. The predicted octanol–water partition coefficient (Wildman–Crippen LogP) is 3.59. The number of carbonyl (C=O) groups excluding carboxylic acids is 2. The Kier molecular flexibility index (Phi) is 5.13. The van der Waals surface area contributed by atoms with Gasteiger partial charge in [0.05, 0.1) is 17.3 Å². The highest BCUT2D eigenvalue weighted by Crippen LogP contribution is 2.32.